The summed E-state index contributed by atoms with van der Waals surface area (Å²) in [7, 11) is 1.34. The van der Waals surface area contributed by atoms with Gasteiger partial charge in [-0.15, -0.1) is 0 Å². The lowest BCUT2D eigenvalue weighted by molar-refractivity contribution is 0.0600. The van der Waals surface area contributed by atoms with Crippen LogP contribution in [0.2, 0.25) is 0 Å². The third-order valence-electron chi connectivity index (χ3n) is 3.01. The van der Waals surface area contributed by atoms with E-state index >= 15 is 0 Å². The molecule has 21 heavy (non-hydrogen) atoms. The first-order valence-corrected chi connectivity index (χ1v) is 6.52. The molecule has 0 atom stereocenters. The van der Waals surface area contributed by atoms with Gasteiger partial charge < -0.3 is 9.47 Å². The third kappa shape index (κ3) is 3.69. The molecule has 0 radical (unpaired) electrons. The van der Waals surface area contributed by atoms with Crippen molar-refractivity contribution in [2.24, 2.45) is 0 Å². The fourth-order valence-electron chi connectivity index (χ4n) is 1.95. The second-order valence-corrected chi connectivity index (χ2v) is 4.53. The molecule has 0 heterocycles. The Hall–Kier alpha value is -2.62. The summed E-state index contributed by atoms with van der Waals surface area (Å²) in [6, 6.07) is 14.1. The van der Waals surface area contributed by atoms with Crippen molar-refractivity contribution >= 4 is 11.8 Å². The van der Waals surface area contributed by atoms with Gasteiger partial charge in [0.05, 0.1) is 18.2 Å². The molecule has 0 spiro atoms. The normalized spacial score (nSPS) is 10.0. The Labute approximate surface area is 123 Å². The molecule has 2 aromatic carbocycles. The van der Waals surface area contributed by atoms with Gasteiger partial charge in [0.15, 0.2) is 5.78 Å². The Balaban J connectivity index is 2.14. The van der Waals surface area contributed by atoms with E-state index in [1.165, 1.54) is 14.0 Å². The minimum atomic E-state index is -0.388. The Morgan fingerprint density at radius 3 is 2.52 bits per heavy atom. The topological polar surface area (TPSA) is 52.6 Å². The average molecular weight is 284 g/mol. The van der Waals surface area contributed by atoms with E-state index in [0.717, 1.165) is 5.56 Å². The van der Waals surface area contributed by atoms with Crippen LogP contribution in [0, 0.1) is 0 Å². The quantitative estimate of drug-likeness (QED) is 0.624. The van der Waals surface area contributed by atoms with Crippen molar-refractivity contribution in [3.8, 4) is 5.75 Å². The number of Topliss-reactive ketones (excluding diaryl/α,β-unsaturated/α-hetero) is 1. The van der Waals surface area contributed by atoms with E-state index in [2.05, 4.69) is 4.74 Å². The number of carbonyl (C=O) groups is 2. The minimum absolute atomic E-state index is 0.0473. The molecule has 2 aromatic rings. The van der Waals surface area contributed by atoms with Gasteiger partial charge >= 0.3 is 5.97 Å². The molecule has 0 aliphatic rings. The number of hydrogen-bond acceptors (Lipinski definition) is 4. The summed E-state index contributed by atoms with van der Waals surface area (Å²) in [5, 5.41) is 0. The van der Waals surface area contributed by atoms with Gasteiger partial charge in [-0.25, -0.2) is 4.79 Å². The van der Waals surface area contributed by atoms with Gasteiger partial charge in [0.1, 0.15) is 12.4 Å². The summed E-state index contributed by atoms with van der Waals surface area (Å²) < 4.78 is 10.4. The molecule has 0 aliphatic heterocycles. The van der Waals surface area contributed by atoms with Gasteiger partial charge in [0.25, 0.3) is 0 Å². The minimum Gasteiger partial charge on any atom is -0.488 e. The second-order valence-electron chi connectivity index (χ2n) is 4.53. The maximum absolute atomic E-state index is 11.5. The summed E-state index contributed by atoms with van der Waals surface area (Å²) >= 11 is 0. The predicted molar refractivity (Wildman–Crippen MR) is 78.6 cm³/mol. The maximum atomic E-state index is 11.5. The van der Waals surface area contributed by atoms with Crippen molar-refractivity contribution in [3.63, 3.8) is 0 Å². The monoisotopic (exact) mass is 284 g/mol. The van der Waals surface area contributed by atoms with Crippen LogP contribution in [-0.4, -0.2) is 18.9 Å². The second kappa shape index (κ2) is 6.70. The van der Waals surface area contributed by atoms with E-state index in [4.69, 9.17) is 4.74 Å². The van der Waals surface area contributed by atoms with Crippen LogP contribution < -0.4 is 4.74 Å². The molecule has 4 heteroatoms. The van der Waals surface area contributed by atoms with Crippen LogP contribution in [-0.2, 0) is 11.3 Å². The fourth-order valence-corrected chi connectivity index (χ4v) is 1.95. The number of ketones is 1. The number of carbonyl (C=O) groups excluding carboxylic acids is 2. The zero-order valence-electron chi connectivity index (χ0n) is 12.0. The van der Waals surface area contributed by atoms with Crippen molar-refractivity contribution in [3.05, 3.63) is 65.2 Å². The zero-order chi connectivity index (χ0) is 15.2. The number of esters is 1. The van der Waals surface area contributed by atoms with Crippen LogP contribution in [0.1, 0.15) is 33.2 Å². The molecular weight excluding hydrogens is 268 g/mol. The molecule has 0 bridgehead atoms. The highest BCUT2D eigenvalue weighted by Gasteiger charge is 2.09. The molecule has 0 aromatic heterocycles. The van der Waals surface area contributed by atoms with E-state index in [1.807, 2.05) is 12.1 Å². The van der Waals surface area contributed by atoms with Crippen molar-refractivity contribution in [1.82, 2.24) is 0 Å². The first-order valence-electron chi connectivity index (χ1n) is 6.52. The van der Waals surface area contributed by atoms with Gasteiger partial charge in [0, 0.05) is 0 Å². The fraction of sp³-hybridized carbons (Fsp3) is 0.176. The predicted octanol–water partition coefficient (Wildman–Crippen LogP) is 3.25. The molecule has 0 N–H and O–H groups in total. The van der Waals surface area contributed by atoms with Crippen LogP contribution in [0.4, 0.5) is 0 Å². The van der Waals surface area contributed by atoms with Gasteiger partial charge in [-0.1, -0.05) is 24.3 Å². The van der Waals surface area contributed by atoms with Gasteiger partial charge in [0.2, 0.25) is 0 Å². The summed E-state index contributed by atoms with van der Waals surface area (Å²) in [4.78, 5) is 23.0. The number of para-hydroxylation sites is 1. The molecule has 2 rings (SSSR count). The maximum Gasteiger partial charge on any atom is 0.337 e. The lowest BCUT2D eigenvalue weighted by atomic mass is 10.1. The molecular formula is C17H16O4. The van der Waals surface area contributed by atoms with Crippen molar-refractivity contribution in [2.45, 2.75) is 13.5 Å². The number of rotatable bonds is 5. The van der Waals surface area contributed by atoms with E-state index in [1.54, 1.807) is 36.4 Å². The van der Waals surface area contributed by atoms with Crippen molar-refractivity contribution in [2.75, 3.05) is 7.11 Å². The van der Waals surface area contributed by atoms with E-state index in [-0.39, 0.29) is 18.4 Å². The van der Waals surface area contributed by atoms with Crippen LogP contribution >= 0.6 is 0 Å². The lowest BCUT2D eigenvalue weighted by Gasteiger charge is -2.10. The van der Waals surface area contributed by atoms with Crippen LogP contribution in [0.15, 0.2) is 48.5 Å². The lowest BCUT2D eigenvalue weighted by Crippen LogP contribution is -2.04. The highest BCUT2D eigenvalue weighted by Crippen LogP contribution is 2.20. The molecule has 108 valence electrons. The largest absolute Gasteiger partial charge is 0.488 e. The van der Waals surface area contributed by atoms with Crippen molar-refractivity contribution in [1.29, 1.82) is 0 Å². The van der Waals surface area contributed by atoms with E-state index < -0.39 is 0 Å². The summed E-state index contributed by atoms with van der Waals surface area (Å²) in [6.07, 6.45) is 0. The summed E-state index contributed by atoms with van der Waals surface area (Å²) in [5.41, 5.74) is 1.84. The highest BCUT2D eigenvalue weighted by atomic mass is 16.5. The highest BCUT2D eigenvalue weighted by molar-refractivity contribution is 5.96. The van der Waals surface area contributed by atoms with E-state index in [9.17, 15) is 9.59 Å². The zero-order valence-corrected chi connectivity index (χ0v) is 12.0. The number of ether oxygens (including phenoxy) is 2. The molecule has 0 amide bonds. The SMILES string of the molecule is COC(=O)c1cccc(COc2ccccc2C(C)=O)c1. The smallest absolute Gasteiger partial charge is 0.337 e. The Morgan fingerprint density at radius 1 is 1.05 bits per heavy atom. The summed E-state index contributed by atoms with van der Waals surface area (Å²) in [5.74, 6) is 0.100. The molecule has 0 unspecified atom stereocenters. The van der Waals surface area contributed by atoms with Gasteiger partial charge in [-0.2, -0.15) is 0 Å². The van der Waals surface area contributed by atoms with Crippen molar-refractivity contribution < 1.29 is 19.1 Å². The van der Waals surface area contributed by atoms with Crippen LogP contribution in [0.25, 0.3) is 0 Å². The Morgan fingerprint density at radius 2 is 1.81 bits per heavy atom. The third-order valence-corrected chi connectivity index (χ3v) is 3.01. The molecule has 4 nitrogen and oxygen atoms in total. The van der Waals surface area contributed by atoms with Crippen LogP contribution in [0.5, 0.6) is 5.75 Å². The van der Waals surface area contributed by atoms with Gasteiger partial charge in [-0.3, -0.25) is 4.79 Å². The number of methoxy groups -OCH3 is 1. The number of benzene rings is 2. The molecule has 0 saturated carbocycles. The first kappa shape index (κ1) is 14.8. The molecule has 0 saturated heterocycles. The molecule has 0 fully saturated rings. The molecule has 0 aliphatic carbocycles. The number of hydrogen-bond donors (Lipinski definition) is 0. The average Bonchev–Trinajstić information content (AvgIpc) is 2.52. The first-order chi connectivity index (χ1) is 10.1. The standard InChI is InChI=1S/C17H16O4/c1-12(18)15-8-3-4-9-16(15)21-11-13-6-5-7-14(10-13)17(19)20-2/h3-10H,11H2,1-2H3. The van der Waals surface area contributed by atoms with Crippen LogP contribution in [0.3, 0.4) is 0 Å². The van der Waals surface area contributed by atoms with E-state index in [0.29, 0.717) is 16.9 Å². The summed E-state index contributed by atoms with van der Waals surface area (Å²) in [6.45, 7) is 1.77. The Kier molecular flexibility index (Phi) is 4.72. The Bertz CT molecular complexity index is 661. The van der Waals surface area contributed by atoms with Gasteiger partial charge in [-0.05, 0) is 36.8 Å².